The minimum absolute atomic E-state index is 0.807. The molecule has 0 bridgehead atoms. The summed E-state index contributed by atoms with van der Waals surface area (Å²) in [5, 5.41) is 3.42. The maximum absolute atomic E-state index is 5.65. The van der Waals surface area contributed by atoms with Gasteiger partial charge in [-0.1, -0.05) is 0 Å². The molecule has 3 rings (SSSR count). The zero-order chi connectivity index (χ0) is 14.4. The van der Waals surface area contributed by atoms with Gasteiger partial charge >= 0.3 is 0 Å². The molecule has 0 saturated heterocycles. The van der Waals surface area contributed by atoms with Gasteiger partial charge in [0.25, 0.3) is 0 Å². The third-order valence-electron chi connectivity index (χ3n) is 4.01. The lowest BCUT2D eigenvalue weighted by Gasteiger charge is -2.15. The van der Waals surface area contributed by atoms with Crippen molar-refractivity contribution in [2.45, 2.75) is 20.8 Å². The highest BCUT2D eigenvalue weighted by Crippen LogP contribution is 2.41. The SMILES string of the molecule is COc1cc(OC)c2cc3occ(C)c3c(C)c2c1C. The Hall–Kier alpha value is -2.16. The van der Waals surface area contributed by atoms with E-state index in [2.05, 4.69) is 26.8 Å². The van der Waals surface area contributed by atoms with Gasteiger partial charge < -0.3 is 13.9 Å². The first-order chi connectivity index (χ1) is 9.58. The van der Waals surface area contributed by atoms with Crippen LogP contribution in [0.15, 0.2) is 22.8 Å². The van der Waals surface area contributed by atoms with Crippen molar-refractivity contribution in [3.63, 3.8) is 0 Å². The molecular weight excluding hydrogens is 252 g/mol. The number of ether oxygens (including phenoxy) is 2. The van der Waals surface area contributed by atoms with E-state index in [4.69, 9.17) is 13.9 Å². The van der Waals surface area contributed by atoms with Crippen LogP contribution in [0.3, 0.4) is 0 Å². The number of fused-ring (bicyclic) bond motifs is 2. The predicted octanol–water partition coefficient (Wildman–Crippen LogP) is 4.53. The summed E-state index contributed by atoms with van der Waals surface area (Å²) in [4.78, 5) is 0. The molecule has 20 heavy (non-hydrogen) atoms. The highest BCUT2D eigenvalue weighted by molar-refractivity contribution is 6.06. The van der Waals surface area contributed by atoms with Gasteiger partial charge in [0.15, 0.2) is 0 Å². The number of hydrogen-bond donors (Lipinski definition) is 0. The lowest BCUT2D eigenvalue weighted by atomic mass is 9.95. The molecule has 0 aliphatic carbocycles. The Balaban J connectivity index is 2.58. The van der Waals surface area contributed by atoms with Gasteiger partial charge in [0.1, 0.15) is 17.1 Å². The topological polar surface area (TPSA) is 31.6 Å². The monoisotopic (exact) mass is 270 g/mol. The van der Waals surface area contributed by atoms with Crippen molar-refractivity contribution in [3.05, 3.63) is 35.1 Å². The van der Waals surface area contributed by atoms with E-state index >= 15 is 0 Å². The average Bonchev–Trinajstić information content (AvgIpc) is 2.81. The molecular formula is C17H18O3. The van der Waals surface area contributed by atoms with Crippen molar-refractivity contribution in [1.29, 1.82) is 0 Å². The highest BCUT2D eigenvalue weighted by Gasteiger charge is 2.17. The molecule has 3 nitrogen and oxygen atoms in total. The van der Waals surface area contributed by atoms with Crippen molar-refractivity contribution in [2.75, 3.05) is 14.2 Å². The standard InChI is InChI=1S/C17H18O3/c1-9-8-20-15-6-12-14(19-5)7-13(18-4)10(2)17(12)11(3)16(9)15/h6-8H,1-5H3. The molecule has 0 aliphatic rings. The number of methoxy groups -OCH3 is 2. The number of rotatable bonds is 2. The van der Waals surface area contributed by atoms with Crippen LogP contribution in [0.2, 0.25) is 0 Å². The van der Waals surface area contributed by atoms with Crippen LogP contribution in [0, 0.1) is 20.8 Å². The van der Waals surface area contributed by atoms with Crippen LogP contribution in [0.25, 0.3) is 21.7 Å². The van der Waals surface area contributed by atoms with Gasteiger partial charge in [0, 0.05) is 16.8 Å². The summed E-state index contributed by atoms with van der Waals surface area (Å²) in [5.41, 5.74) is 4.39. The van der Waals surface area contributed by atoms with Gasteiger partial charge in [-0.2, -0.15) is 0 Å². The fraction of sp³-hybridized carbons (Fsp3) is 0.294. The number of hydrogen-bond acceptors (Lipinski definition) is 3. The highest BCUT2D eigenvalue weighted by atomic mass is 16.5. The molecule has 0 unspecified atom stereocenters. The minimum Gasteiger partial charge on any atom is -0.496 e. The van der Waals surface area contributed by atoms with Gasteiger partial charge in [-0.05, 0) is 48.9 Å². The smallest absolute Gasteiger partial charge is 0.135 e. The van der Waals surface area contributed by atoms with E-state index < -0.39 is 0 Å². The molecule has 3 heteroatoms. The molecule has 0 radical (unpaired) electrons. The Kier molecular flexibility index (Phi) is 2.85. The average molecular weight is 270 g/mol. The molecule has 0 atom stereocenters. The van der Waals surface area contributed by atoms with E-state index in [0.29, 0.717) is 0 Å². The van der Waals surface area contributed by atoms with Crippen LogP contribution in [0.5, 0.6) is 11.5 Å². The molecule has 0 fully saturated rings. The van der Waals surface area contributed by atoms with Crippen LogP contribution in [0.4, 0.5) is 0 Å². The maximum atomic E-state index is 5.65. The van der Waals surface area contributed by atoms with Crippen molar-refractivity contribution in [3.8, 4) is 11.5 Å². The fourth-order valence-corrected chi connectivity index (χ4v) is 3.07. The molecule has 0 amide bonds. The fourth-order valence-electron chi connectivity index (χ4n) is 3.07. The van der Waals surface area contributed by atoms with Crippen LogP contribution in [0.1, 0.15) is 16.7 Å². The van der Waals surface area contributed by atoms with Gasteiger partial charge in [0.2, 0.25) is 0 Å². The van der Waals surface area contributed by atoms with E-state index in [1.165, 1.54) is 16.3 Å². The third kappa shape index (κ3) is 1.59. The zero-order valence-corrected chi connectivity index (χ0v) is 12.5. The Labute approximate surface area is 118 Å². The van der Waals surface area contributed by atoms with Crippen LogP contribution in [-0.2, 0) is 0 Å². The first-order valence-corrected chi connectivity index (χ1v) is 6.61. The van der Waals surface area contributed by atoms with Crippen LogP contribution in [-0.4, -0.2) is 14.2 Å². The predicted molar refractivity (Wildman–Crippen MR) is 81.0 cm³/mol. The van der Waals surface area contributed by atoms with Crippen molar-refractivity contribution < 1.29 is 13.9 Å². The lowest BCUT2D eigenvalue weighted by Crippen LogP contribution is -1.95. The molecule has 0 N–H and O–H groups in total. The summed E-state index contributed by atoms with van der Waals surface area (Å²) >= 11 is 0. The van der Waals surface area contributed by atoms with Gasteiger partial charge in [-0.25, -0.2) is 0 Å². The lowest BCUT2D eigenvalue weighted by molar-refractivity contribution is 0.396. The van der Waals surface area contributed by atoms with Crippen LogP contribution < -0.4 is 9.47 Å². The number of benzene rings is 2. The summed E-state index contributed by atoms with van der Waals surface area (Å²) < 4.78 is 16.6. The largest absolute Gasteiger partial charge is 0.496 e. The number of aryl methyl sites for hydroxylation is 3. The molecule has 0 spiro atoms. The first-order valence-electron chi connectivity index (χ1n) is 6.61. The molecule has 2 aromatic carbocycles. The van der Waals surface area contributed by atoms with Crippen molar-refractivity contribution >= 4 is 21.7 Å². The third-order valence-corrected chi connectivity index (χ3v) is 4.01. The normalized spacial score (nSPS) is 11.2. The Bertz CT molecular complexity index is 812. The molecule has 0 saturated carbocycles. The molecule has 0 aliphatic heterocycles. The Morgan fingerprint density at radius 1 is 0.850 bits per heavy atom. The Morgan fingerprint density at radius 2 is 1.55 bits per heavy atom. The quantitative estimate of drug-likeness (QED) is 0.685. The second kappa shape index (κ2) is 4.44. The van der Waals surface area contributed by atoms with E-state index in [-0.39, 0.29) is 0 Å². The van der Waals surface area contributed by atoms with Gasteiger partial charge in [0.05, 0.1) is 20.5 Å². The summed E-state index contributed by atoms with van der Waals surface area (Å²) in [6.45, 7) is 6.27. The van der Waals surface area contributed by atoms with E-state index in [1.807, 2.05) is 6.07 Å². The minimum atomic E-state index is 0.807. The van der Waals surface area contributed by atoms with Gasteiger partial charge in [-0.15, -0.1) is 0 Å². The summed E-state index contributed by atoms with van der Waals surface area (Å²) in [6, 6.07) is 3.98. The van der Waals surface area contributed by atoms with Crippen LogP contribution >= 0.6 is 0 Å². The molecule has 104 valence electrons. The first kappa shape index (κ1) is 12.9. The summed E-state index contributed by atoms with van der Waals surface area (Å²) in [7, 11) is 3.36. The number of furan rings is 1. The van der Waals surface area contributed by atoms with Crippen molar-refractivity contribution in [2.24, 2.45) is 0 Å². The van der Waals surface area contributed by atoms with E-state index in [9.17, 15) is 0 Å². The summed E-state index contributed by atoms with van der Waals surface area (Å²) in [6.07, 6.45) is 1.80. The van der Waals surface area contributed by atoms with Crippen molar-refractivity contribution in [1.82, 2.24) is 0 Å². The van der Waals surface area contributed by atoms with E-state index in [1.54, 1.807) is 20.5 Å². The van der Waals surface area contributed by atoms with E-state index in [0.717, 1.165) is 33.6 Å². The second-order valence-electron chi connectivity index (χ2n) is 5.12. The zero-order valence-electron chi connectivity index (χ0n) is 12.5. The maximum Gasteiger partial charge on any atom is 0.135 e. The van der Waals surface area contributed by atoms with Gasteiger partial charge in [-0.3, -0.25) is 0 Å². The summed E-state index contributed by atoms with van der Waals surface area (Å²) in [5.74, 6) is 1.65. The Morgan fingerprint density at radius 3 is 2.20 bits per heavy atom. The molecule has 1 heterocycles. The molecule has 3 aromatic rings. The molecule has 1 aromatic heterocycles. The second-order valence-corrected chi connectivity index (χ2v) is 5.12.